The molecule has 3 aromatic rings. The normalized spacial score (nSPS) is 10.5. The fourth-order valence-corrected chi connectivity index (χ4v) is 2.81. The maximum absolute atomic E-state index is 12.9. The molecule has 2 aromatic heterocycles. The Balaban J connectivity index is 0.00000177. The summed E-state index contributed by atoms with van der Waals surface area (Å²) in [5.74, 6) is -0.365. The van der Waals surface area contributed by atoms with Gasteiger partial charge in [0.25, 0.3) is 5.56 Å². The molecule has 3 rings (SSSR count). The zero-order chi connectivity index (χ0) is 19.6. The van der Waals surface area contributed by atoms with E-state index in [4.69, 9.17) is 0 Å². The molecule has 0 saturated carbocycles. The number of pyridine rings is 1. The number of fused-ring (bicyclic) bond motifs is 1. The summed E-state index contributed by atoms with van der Waals surface area (Å²) in [4.78, 5) is 12.7. The van der Waals surface area contributed by atoms with Crippen molar-refractivity contribution in [1.29, 1.82) is 0 Å². The number of nitrogens with zero attached hydrogens (tertiary/aromatic N) is 3. The van der Waals surface area contributed by atoms with E-state index in [0.29, 0.717) is 15.7 Å². The second-order valence-corrected chi connectivity index (χ2v) is 5.55. The smallest absolute Gasteiger partial charge is 0.406 e. The van der Waals surface area contributed by atoms with Crippen LogP contribution < -0.4 is 5.56 Å². The molecule has 0 aliphatic carbocycles. The van der Waals surface area contributed by atoms with Crippen molar-refractivity contribution in [3.63, 3.8) is 0 Å². The fourth-order valence-electron chi connectivity index (χ4n) is 2.81. The van der Waals surface area contributed by atoms with Crippen molar-refractivity contribution in [2.75, 3.05) is 0 Å². The van der Waals surface area contributed by atoms with E-state index in [1.54, 1.807) is 31.2 Å². The van der Waals surface area contributed by atoms with Crippen LogP contribution in [0.25, 0.3) is 22.2 Å². The predicted octanol–water partition coefficient (Wildman–Crippen LogP) is 4.45. The first-order valence-corrected chi connectivity index (χ1v) is 8.11. The molecule has 9 heteroatoms. The molecule has 28 heavy (non-hydrogen) atoms. The third-order valence-corrected chi connectivity index (χ3v) is 3.87. The Labute approximate surface area is 187 Å². The Kier molecular flexibility index (Phi) is 9.60. The van der Waals surface area contributed by atoms with Crippen LogP contribution in [0.2, 0.25) is 0 Å². The number of hydrogen-bond donors (Lipinski definition) is 1. The Bertz CT molecular complexity index is 994. The molecule has 151 valence electrons. The minimum Gasteiger partial charge on any atom is -0.506 e. The van der Waals surface area contributed by atoms with Gasteiger partial charge in [0.2, 0.25) is 0 Å². The minimum absolute atomic E-state index is 0. The van der Waals surface area contributed by atoms with Crippen LogP contribution in [0.4, 0.5) is 13.2 Å². The largest absolute Gasteiger partial charge is 0.506 e. The van der Waals surface area contributed by atoms with Gasteiger partial charge in [0.05, 0.1) is 17.1 Å². The summed E-state index contributed by atoms with van der Waals surface area (Å²) in [7, 11) is 1.42. The molecular weight excluding hydrogens is 448 g/mol. The summed E-state index contributed by atoms with van der Waals surface area (Å²) in [6.07, 6.45) is -3.33. The SMILES string of the molecule is CC.Cc1ccccc1-c1c(O)c2cnn(C)c2n(CC(F)(F)F)c1=O.[CH3-].[Y]. The number of benzene rings is 1. The Hall–Kier alpha value is -1.67. The molecule has 0 aliphatic rings. The van der Waals surface area contributed by atoms with Gasteiger partial charge in [-0.05, 0) is 18.1 Å². The second-order valence-electron chi connectivity index (χ2n) is 5.55. The standard InChI is InChI=1S/C16H14F3N3O2.C2H6.CH3.Y/c1-9-5-3-4-6-10(9)12-13(23)11-7-20-21(2)14(11)22(15(12)24)8-16(17,18)19;1-2;;/h3-7,23H,8H2,1-2H3;1-2H3;1H3;/q;;-1;. The van der Waals surface area contributed by atoms with Gasteiger partial charge in [-0.15, -0.1) is 0 Å². The Morgan fingerprint density at radius 2 is 1.75 bits per heavy atom. The van der Waals surface area contributed by atoms with Crippen LogP contribution in [-0.2, 0) is 46.3 Å². The molecule has 5 nitrogen and oxygen atoms in total. The van der Waals surface area contributed by atoms with Gasteiger partial charge in [0.15, 0.2) is 0 Å². The average molecular weight is 471 g/mol. The Morgan fingerprint density at radius 1 is 1.18 bits per heavy atom. The first kappa shape index (κ1) is 26.3. The van der Waals surface area contributed by atoms with E-state index >= 15 is 0 Å². The van der Waals surface area contributed by atoms with Crippen LogP contribution in [0.15, 0.2) is 35.3 Å². The molecule has 1 aromatic carbocycles. The molecule has 0 bridgehead atoms. The minimum atomic E-state index is -4.58. The number of aryl methyl sites for hydroxylation is 2. The van der Waals surface area contributed by atoms with Crippen molar-refractivity contribution in [3.05, 3.63) is 53.8 Å². The van der Waals surface area contributed by atoms with E-state index in [1.165, 1.54) is 13.2 Å². The number of hydrogen-bond acceptors (Lipinski definition) is 3. The molecule has 0 unspecified atom stereocenters. The molecule has 0 saturated heterocycles. The van der Waals surface area contributed by atoms with Gasteiger partial charge >= 0.3 is 6.18 Å². The molecule has 0 atom stereocenters. The molecule has 2 heterocycles. The van der Waals surface area contributed by atoms with Crippen molar-refractivity contribution in [1.82, 2.24) is 14.3 Å². The summed E-state index contributed by atoms with van der Waals surface area (Å²) in [6, 6.07) is 6.71. The van der Waals surface area contributed by atoms with Crippen molar-refractivity contribution >= 4 is 11.0 Å². The molecule has 1 radical (unpaired) electrons. The van der Waals surface area contributed by atoms with Crippen molar-refractivity contribution in [2.24, 2.45) is 7.05 Å². The number of rotatable bonds is 2. The van der Waals surface area contributed by atoms with Crippen LogP contribution in [0.1, 0.15) is 19.4 Å². The average Bonchev–Trinajstić information content (AvgIpc) is 2.96. The van der Waals surface area contributed by atoms with Crippen molar-refractivity contribution < 1.29 is 51.0 Å². The van der Waals surface area contributed by atoms with Gasteiger partial charge in [0, 0.05) is 39.8 Å². The summed E-state index contributed by atoms with van der Waals surface area (Å²) in [6.45, 7) is 4.26. The van der Waals surface area contributed by atoms with E-state index in [2.05, 4.69) is 5.10 Å². The van der Waals surface area contributed by atoms with E-state index in [1.807, 2.05) is 13.8 Å². The molecule has 0 fully saturated rings. The molecule has 0 spiro atoms. The maximum Gasteiger partial charge on any atom is 0.406 e. The number of alkyl halides is 3. The topological polar surface area (TPSA) is 60.1 Å². The molecule has 0 amide bonds. The van der Waals surface area contributed by atoms with Gasteiger partial charge < -0.3 is 12.5 Å². The summed E-state index contributed by atoms with van der Waals surface area (Å²) in [5, 5.41) is 14.5. The van der Waals surface area contributed by atoms with Crippen molar-refractivity contribution in [3.8, 4) is 16.9 Å². The zero-order valence-electron chi connectivity index (χ0n) is 16.5. The van der Waals surface area contributed by atoms with Crippen LogP contribution >= 0.6 is 0 Å². The van der Waals surface area contributed by atoms with Gasteiger partial charge in [-0.25, -0.2) is 0 Å². The quantitative estimate of drug-likeness (QED) is 0.562. The molecule has 0 aliphatic heterocycles. The molecule has 1 N–H and O–H groups in total. The summed E-state index contributed by atoms with van der Waals surface area (Å²) >= 11 is 0. The third kappa shape index (κ3) is 5.03. The van der Waals surface area contributed by atoms with E-state index < -0.39 is 18.3 Å². The van der Waals surface area contributed by atoms with Crippen LogP contribution in [0, 0.1) is 14.4 Å². The first-order valence-electron chi connectivity index (χ1n) is 8.11. The maximum atomic E-state index is 12.9. The van der Waals surface area contributed by atoms with Crippen LogP contribution in [0.3, 0.4) is 0 Å². The van der Waals surface area contributed by atoms with E-state index in [-0.39, 0.29) is 62.5 Å². The van der Waals surface area contributed by atoms with Gasteiger partial charge in [-0.1, -0.05) is 38.1 Å². The monoisotopic (exact) mass is 471 g/mol. The predicted molar refractivity (Wildman–Crippen MR) is 101 cm³/mol. The van der Waals surface area contributed by atoms with Crippen LogP contribution in [0.5, 0.6) is 5.75 Å². The zero-order valence-corrected chi connectivity index (χ0v) is 19.3. The molecular formula is C19H23F3N3O2Y-. The van der Waals surface area contributed by atoms with Gasteiger partial charge in [0.1, 0.15) is 17.9 Å². The number of aromatic nitrogens is 3. The fraction of sp³-hybridized carbons (Fsp3) is 0.316. The van der Waals surface area contributed by atoms with Crippen molar-refractivity contribution in [2.45, 2.75) is 33.5 Å². The second kappa shape index (κ2) is 10.2. The number of halogens is 3. The van der Waals surface area contributed by atoms with Gasteiger partial charge in [-0.3, -0.25) is 14.0 Å². The Morgan fingerprint density at radius 3 is 2.29 bits per heavy atom. The number of aromatic hydroxyl groups is 1. The van der Waals surface area contributed by atoms with E-state index in [0.717, 1.165) is 4.68 Å². The summed E-state index contributed by atoms with van der Waals surface area (Å²) in [5.41, 5.74) is -0.0754. The van der Waals surface area contributed by atoms with E-state index in [9.17, 15) is 23.1 Å². The third-order valence-electron chi connectivity index (χ3n) is 3.87. The van der Waals surface area contributed by atoms with Crippen LogP contribution in [-0.4, -0.2) is 25.6 Å². The first-order chi connectivity index (χ1) is 12.2. The summed E-state index contributed by atoms with van der Waals surface area (Å²) < 4.78 is 40.6. The van der Waals surface area contributed by atoms with Gasteiger partial charge in [-0.2, -0.15) is 18.3 Å².